The van der Waals surface area contributed by atoms with Gasteiger partial charge in [0.2, 0.25) is 5.60 Å². The first-order chi connectivity index (χ1) is 21.0. The third-order valence-corrected chi connectivity index (χ3v) is 10.1. The topological polar surface area (TPSA) is 80.6 Å². The van der Waals surface area contributed by atoms with Crippen molar-refractivity contribution in [2.45, 2.75) is 37.0 Å². The lowest BCUT2D eigenvalue weighted by Gasteiger charge is -2.56. The Morgan fingerprint density at radius 3 is 2.05 bits per heavy atom. The van der Waals surface area contributed by atoms with E-state index in [2.05, 4.69) is 24.3 Å². The van der Waals surface area contributed by atoms with Crippen molar-refractivity contribution in [1.29, 1.82) is 0 Å². The van der Waals surface area contributed by atoms with Gasteiger partial charge in [0.05, 0.1) is 20.1 Å². The molecule has 216 valence electrons. The van der Waals surface area contributed by atoms with Gasteiger partial charge in [-0.25, -0.2) is 0 Å². The maximum atomic E-state index is 15.0. The van der Waals surface area contributed by atoms with Crippen LogP contribution in [0.15, 0.2) is 96.2 Å². The van der Waals surface area contributed by atoms with Gasteiger partial charge in [0.1, 0.15) is 17.4 Å². The first-order valence-corrected chi connectivity index (χ1v) is 14.7. The quantitative estimate of drug-likeness (QED) is 0.345. The van der Waals surface area contributed by atoms with E-state index < -0.39 is 23.2 Å². The average molecular weight is 573 g/mol. The fourth-order valence-electron chi connectivity index (χ4n) is 8.31. The zero-order valence-corrected chi connectivity index (χ0v) is 24.3. The number of hydrogen-bond acceptors (Lipinski definition) is 6. The Labute approximate surface area is 250 Å². The van der Waals surface area contributed by atoms with Crippen LogP contribution in [0.5, 0.6) is 11.5 Å². The molecule has 2 bridgehead atoms. The molecule has 1 saturated heterocycles. The predicted molar refractivity (Wildman–Crippen MR) is 162 cm³/mol. The molecule has 7 nitrogen and oxygen atoms in total. The summed E-state index contributed by atoms with van der Waals surface area (Å²) in [5, 5.41) is 17.4. The number of likely N-dealkylation sites (tertiary alicyclic amines) is 1. The summed E-state index contributed by atoms with van der Waals surface area (Å²) < 4.78 is 10.9. The number of nitrogens with zero attached hydrogens (tertiary/aromatic N) is 2. The minimum Gasteiger partial charge on any atom is -0.493 e. The molecule has 1 amide bonds. The molecule has 3 unspecified atom stereocenters. The van der Waals surface area contributed by atoms with Crippen molar-refractivity contribution in [3.8, 4) is 11.5 Å². The predicted octanol–water partition coefficient (Wildman–Crippen LogP) is 5.17. The molecule has 7 heteroatoms. The third kappa shape index (κ3) is 3.12. The molecule has 2 aliphatic heterocycles. The number of rotatable bonds is 6. The van der Waals surface area contributed by atoms with E-state index in [0.29, 0.717) is 30.2 Å². The van der Waals surface area contributed by atoms with Crippen LogP contribution < -0.4 is 9.47 Å². The SMILES string of the molecule is COc1ccc(CCN2C(=O)C34ON=C(c5ccc(C)cc5)C3(C3c5ccccc5C4c4ccccc43)C2O)cc1OC. The molecule has 1 N–H and O–H groups in total. The van der Waals surface area contributed by atoms with Crippen LogP contribution >= 0.6 is 0 Å². The number of carbonyl (C=O) groups is 1. The van der Waals surface area contributed by atoms with Crippen molar-refractivity contribution in [2.75, 3.05) is 20.8 Å². The van der Waals surface area contributed by atoms with Gasteiger partial charge >= 0.3 is 0 Å². The Bertz CT molecular complexity index is 1770. The Morgan fingerprint density at radius 2 is 1.44 bits per heavy atom. The molecule has 2 heterocycles. The van der Waals surface area contributed by atoms with E-state index in [4.69, 9.17) is 19.5 Å². The monoisotopic (exact) mass is 572 g/mol. The van der Waals surface area contributed by atoms with Crippen LogP contribution in [0.4, 0.5) is 0 Å². The van der Waals surface area contributed by atoms with Crippen molar-refractivity contribution in [3.63, 3.8) is 0 Å². The molecule has 0 saturated carbocycles. The lowest BCUT2D eigenvalue weighted by Crippen LogP contribution is -2.65. The van der Waals surface area contributed by atoms with Crippen molar-refractivity contribution in [2.24, 2.45) is 10.6 Å². The number of ether oxygens (including phenoxy) is 2. The zero-order chi connectivity index (χ0) is 29.5. The maximum Gasteiger partial charge on any atom is 0.273 e. The number of carbonyl (C=O) groups excluding carboxylic acids is 1. The van der Waals surface area contributed by atoms with Crippen LogP contribution in [-0.2, 0) is 16.1 Å². The molecular weight excluding hydrogens is 540 g/mol. The molecule has 1 fully saturated rings. The van der Waals surface area contributed by atoms with E-state index in [9.17, 15) is 9.90 Å². The molecule has 5 aliphatic rings. The summed E-state index contributed by atoms with van der Waals surface area (Å²) in [7, 11) is 3.21. The molecular formula is C36H32N2O5. The second-order valence-electron chi connectivity index (χ2n) is 11.9. The van der Waals surface area contributed by atoms with Gasteiger partial charge in [-0.3, -0.25) is 4.79 Å². The second-order valence-corrected chi connectivity index (χ2v) is 11.9. The van der Waals surface area contributed by atoms with Crippen molar-refractivity contribution in [3.05, 3.63) is 130 Å². The lowest BCUT2D eigenvalue weighted by atomic mass is 9.44. The fourth-order valence-corrected chi connectivity index (χ4v) is 8.31. The molecule has 0 aromatic heterocycles. The Hall–Kier alpha value is -4.62. The van der Waals surface area contributed by atoms with E-state index in [-0.39, 0.29) is 11.8 Å². The van der Waals surface area contributed by atoms with Crippen LogP contribution in [0.25, 0.3) is 0 Å². The van der Waals surface area contributed by atoms with Gasteiger partial charge in [-0.05, 0) is 53.3 Å². The standard InChI is InChI=1S/C36H32N2O5/c1-21-12-15-23(16-13-21)32-35-30-24-8-4-6-10-26(24)31(27-11-7-5-9-25(27)30)36(35,43-37-32)34(40)38(33(35)39)19-18-22-14-17-28(41-2)29(20-22)42-3/h4-17,20,30-31,33,39H,18-19H2,1-3H3. The van der Waals surface area contributed by atoms with Crippen LogP contribution in [0.3, 0.4) is 0 Å². The van der Waals surface area contributed by atoms with Crippen molar-refractivity contribution < 1.29 is 24.2 Å². The van der Waals surface area contributed by atoms with Gasteiger partial charge in [-0.15, -0.1) is 0 Å². The van der Waals surface area contributed by atoms with E-state index in [1.807, 2.05) is 73.7 Å². The number of benzene rings is 4. The third-order valence-electron chi connectivity index (χ3n) is 10.1. The summed E-state index contributed by atoms with van der Waals surface area (Å²) >= 11 is 0. The van der Waals surface area contributed by atoms with Crippen LogP contribution in [-0.4, -0.2) is 54.2 Å². The first kappa shape index (κ1) is 26.0. The average Bonchev–Trinajstić information content (AvgIpc) is 3.51. The highest BCUT2D eigenvalue weighted by molar-refractivity contribution is 6.15. The van der Waals surface area contributed by atoms with Crippen LogP contribution in [0.2, 0.25) is 0 Å². The normalized spacial score (nSPS) is 27.5. The minimum absolute atomic E-state index is 0.231. The van der Waals surface area contributed by atoms with Gasteiger partial charge in [0, 0.05) is 18.0 Å². The summed E-state index contributed by atoms with van der Waals surface area (Å²) in [5.41, 5.74) is 5.34. The molecule has 0 radical (unpaired) electrons. The molecule has 3 atom stereocenters. The summed E-state index contributed by atoms with van der Waals surface area (Å²) in [6.07, 6.45) is -0.654. The van der Waals surface area contributed by atoms with Gasteiger partial charge in [-0.2, -0.15) is 0 Å². The Balaban J connectivity index is 1.31. The maximum absolute atomic E-state index is 15.0. The number of aliphatic hydroxyl groups excluding tert-OH is 1. The smallest absolute Gasteiger partial charge is 0.273 e. The molecule has 43 heavy (non-hydrogen) atoms. The van der Waals surface area contributed by atoms with Gasteiger partial charge in [0.25, 0.3) is 5.91 Å². The summed E-state index contributed by atoms with van der Waals surface area (Å²) in [5.74, 6) is 0.270. The van der Waals surface area contributed by atoms with Crippen LogP contribution in [0, 0.1) is 12.3 Å². The highest BCUT2D eigenvalue weighted by Gasteiger charge is 2.85. The van der Waals surface area contributed by atoms with E-state index in [0.717, 1.165) is 38.9 Å². The summed E-state index contributed by atoms with van der Waals surface area (Å²) in [6.45, 7) is 2.34. The Morgan fingerprint density at radius 1 is 0.837 bits per heavy atom. The number of aryl methyl sites for hydroxylation is 1. The first-order valence-electron chi connectivity index (χ1n) is 14.7. The fraction of sp³-hybridized carbons (Fsp3) is 0.278. The number of hydrogen-bond donors (Lipinski definition) is 1. The zero-order valence-electron chi connectivity index (χ0n) is 24.3. The molecule has 4 aromatic rings. The minimum atomic E-state index is -1.42. The van der Waals surface area contributed by atoms with Crippen molar-refractivity contribution in [1.82, 2.24) is 4.90 Å². The number of amides is 1. The second kappa shape index (κ2) is 9.19. The summed E-state index contributed by atoms with van der Waals surface area (Å²) in [4.78, 5) is 23.1. The molecule has 9 rings (SSSR count). The van der Waals surface area contributed by atoms with Crippen molar-refractivity contribution >= 4 is 11.6 Å². The van der Waals surface area contributed by atoms with E-state index in [1.165, 1.54) is 0 Å². The van der Waals surface area contributed by atoms with Gasteiger partial charge < -0.3 is 24.3 Å². The van der Waals surface area contributed by atoms with Crippen LogP contribution in [0.1, 0.15) is 50.8 Å². The highest BCUT2D eigenvalue weighted by Crippen LogP contribution is 2.73. The molecule has 4 aromatic carbocycles. The van der Waals surface area contributed by atoms with Gasteiger partial charge in [-0.1, -0.05) is 89.6 Å². The molecule has 3 aliphatic carbocycles. The number of methoxy groups -OCH3 is 2. The van der Waals surface area contributed by atoms with Gasteiger partial charge in [0.15, 0.2) is 11.5 Å². The largest absolute Gasteiger partial charge is 0.493 e. The number of oxime groups is 1. The highest BCUT2D eigenvalue weighted by atomic mass is 16.7. The lowest BCUT2D eigenvalue weighted by molar-refractivity contribution is -0.157. The van der Waals surface area contributed by atoms with E-state index in [1.54, 1.807) is 19.1 Å². The molecule has 0 spiro atoms. The summed E-state index contributed by atoms with van der Waals surface area (Å²) in [6, 6.07) is 30.4. The Kier molecular flexibility index (Phi) is 5.56. The number of aliphatic hydroxyl groups is 1. The van der Waals surface area contributed by atoms with E-state index >= 15 is 0 Å².